The number of thioether (sulfide) groups is 1. The topological polar surface area (TPSA) is 111 Å². The molecule has 154 valence electrons. The summed E-state index contributed by atoms with van der Waals surface area (Å²) in [6, 6.07) is 5.49. The first-order valence-corrected chi connectivity index (χ1v) is 10.8. The van der Waals surface area contributed by atoms with E-state index in [0.29, 0.717) is 45.6 Å². The molecule has 0 amide bonds. The maximum Gasteiger partial charge on any atom is 0.277 e. The number of aryl methyl sites for hydroxylation is 2. The van der Waals surface area contributed by atoms with Gasteiger partial charge in [-0.1, -0.05) is 32.0 Å². The van der Waals surface area contributed by atoms with E-state index in [9.17, 15) is 4.79 Å². The van der Waals surface area contributed by atoms with Crippen LogP contribution in [-0.4, -0.2) is 37.8 Å². The van der Waals surface area contributed by atoms with Gasteiger partial charge < -0.3 is 15.5 Å². The van der Waals surface area contributed by atoms with Crippen LogP contribution in [0.1, 0.15) is 32.4 Å². The van der Waals surface area contributed by atoms with Crippen molar-refractivity contribution in [2.75, 3.05) is 12.9 Å². The van der Waals surface area contributed by atoms with Gasteiger partial charge in [-0.05, 0) is 37.3 Å². The highest BCUT2D eigenvalue weighted by molar-refractivity contribution is 8.13. The van der Waals surface area contributed by atoms with Gasteiger partial charge in [0.15, 0.2) is 10.7 Å². The number of aliphatic imine (C=N–C) groups is 1. The molecule has 0 aliphatic heterocycles. The number of aromatic nitrogens is 4. The SMILES string of the molecule is CCCOc1ccc(N=C(N)SC)cc1-c1nc2c(CCC)nn(C)c2c(=O)[nH]1. The van der Waals surface area contributed by atoms with Crippen LogP contribution in [-0.2, 0) is 13.5 Å². The van der Waals surface area contributed by atoms with Crippen LogP contribution < -0.4 is 16.0 Å². The van der Waals surface area contributed by atoms with E-state index in [1.165, 1.54) is 11.8 Å². The molecule has 0 saturated heterocycles. The Kier molecular flexibility index (Phi) is 6.58. The number of nitrogens with two attached hydrogens (primary N) is 1. The highest BCUT2D eigenvalue weighted by Crippen LogP contribution is 2.32. The van der Waals surface area contributed by atoms with Crippen LogP contribution in [0.4, 0.5) is 5.69 Å². The van der Waals surface area contributed by atoms with Gasteiger partial charge in [-0.2, -0.15) is 5.10 Å². The third-order valence-corrected chi connectivity index (χ3v) is 4.89. The molecule has 8 nitrogen and oxygen atoms in total. The van der Waals surface area contributed by atoms with Gasteiger partial charge in [-0.25, -0.2) is 9.98 Å². The molecule has 0 unspecified atom stereocenters. The number of hydrogen-bond acceptors (Lipinski definition) is 6. The summed E-state index contributed by atoms with van der Waals surface area (Å²) in [5.41, 5.74) is 8.86. The van der Waals surface area contributed by atoms with Gasteiger partial charge >= 0.3 is 0 Å². The van der Waals surface area contributed by atoms with Crippen LogP contribution in [0.15, 0.2) is 28.0 Å². The predicted molar refractivity (Wildman–Crippen MR) is 119 cm³/mol. The van der Waals surface area contributed by atoms with E-state index in [-0.39, 0.29) is 5.56 Å². The van der Waals surface area contributed by atoms with Crippen molar-refractivity contribution in [3.05, 3.63) is 34.2 Å². The Morgan fingerprint density at radius 1 is 1.34 bits per heavy atom. The molecule has 3 N–H and O–H groups in total. The molecule has 0 atom stereocenters. The Balaban J connectivity index is 2.21. The van der Waals surface area contributed by atoms with Crippen LogP contribution in [0.3, 0.4) is 0 Å². The molecule has 9 heteroatoms. The van der Waals surface area contributed by atoms with Crippen LogP contribution in [0.2, 0.25) is 0 Å². The third kappa shape index (κ3) is 4.45. The average molecular weight is 415 g/mol. The Hall–Kier alpha value is -2.81. The molecule has 0 aliphatic rings. The molecular formula is C20H26N6O2S. The number of nitrogens with zero attached hydrogens (tertiary/aromatic N) is 4. The quantitative estimate of drug-likeness (QED) is 0.453. The summed E-state index contributed by atoms with van der Waals surface area (Å²) in [4.78, 5) is 24.8. The lowest BCUT2D eigenvalue weighted by atomic mass is 10.1. The molecule has 2 aromatic heterocycles. The van der Waals surface area contributed by atoms with Crippen LogP contribution in [0.5, 0.6) is 5.75 Å². The van der Waals surface area contributed by atoms with Gasteiger partial charge in [0.2, 0.25) is 0 Å². The van der Waals surface area contributed by atoms with E-state index in [0.717, 1.165) is 25.0 Å². The van der Waals surface area contributed by atoms with Crippen molar-refractivity contribution < 1.29 is 4.74 Å². The lowest BCUT2D eigenvalue weighted by Crippen LogP contribution is -2.13. The molecule has 0 saturated carbocycles. The first-order chi connectivity index (χ1) is 14.0. The summed E-state index contributed by atoms with van der Waals surface area (Å²) in [7, 11) is 1.76. The lowest BCUT2D eigenvalue weighted by Gasteiger charge is -2.12. The Morgan fingerprint density at radius 3 is 2.83 bits per heavy atom. The van der Waals surface area contributed by atoms with E-state index in [1.807, 2.05) is 31.4 Å². The smallest absolute Gasteiger partial charge is 0.277 e. The van der Waals surface area contributed by atoms with Crippen LogP contribution in [0.25, 0.3) is 22.4 Å². The number of fused-ring (bicyclic) bond motifs is 1. The molecule has 0 aliphatic carbocycles. The Bertz CT molecular complexity index is 1100. The normalized spacial score (nSPS) is 11.9. The zero-order valence-electron chi connectivity index (χ0n) is 17.2. The summed E-state index contributed by atoms with van der Waals surface area (Å²) < 4.78 is 7.48. The van der Waals surface area contributed by atoms with E-state index < -0.39 is 0 Å². The minimum Gasteiger partial charge on any atom is -0.493 e. The van der Waals surface area contributed by atoms with Gasteiger partial charge in [0.25, 0.3) is 5.56 Å². The number of hydrogen-bond donors (Lipinski definition) is 2. The summed E-state index contributed by atoms with van der Waals surface area (Å²) in [6.45, 7) is 4.67. The first-order valence-electron chi connectivity index (χ1n) is 9.59. The highest BCUT2D eigenvalue weighted by Gasteiger charge is 2.17. The zero-order chi connectivity index (χ0) is 21.0. The van der Waals surface area contributed by atoms with E-state index in [4.69, 9.17) is 15.5 Å². The number of ether oxygens (including phenoxy) is 1. The summed E-state index contributed by atoms with van der Waals surface area (Å²) in [5.74, 6) is 1.07. The van der Waals surface area contributed by atoms with Crippen molar-refractivity contribution in [3.63, 3.8) is 0 Å². The van der Waals surface area contributed by atoms with Gasteiger partial charge in [0.1, 0.15) is 17.1 Å². The third-order valence-electron chi connectivity index (χ3n) is 4.38. The van der Waals surface area contributed by atoms with E-state index in [2.05, 4.69) is 22.0 Å². The number of nitrogens with one attached hydrogen (secondary N) is 1. The fraction of sp³-hybridized carbons (Fsp3) is 0.400. The summed E-state index contributed by atoms with van der Waals surface area (Å²) >= 11 is 1.37. The number of H-pyrrole nitrogens is 1. The van der Waals surface area contributed by atoms with Crippen molar-refractivity contribution in [1.82, 2.24) is 19.7 Å². The van der Waals surface area contributed by atoms with Crippen LogP contribution in [0, 0.1) is 0 Å². The molecular weight excluding hydrogens is 388 g/mol. The van der Waals surface area contributed by atoms with Crippen molar-refractivity contribution in [3.8, 4) is 17.1 Å². The second-order valence-corrected chi connectivity index (χ2v) is 7.44. The van der Waals surface area contributed by atoms with Gasteiger partial charge in [0, 0.05) is 7.05 Å². The Labute approximate surface area is 173 Å². The maximum atomic E-state index is 12.8. The summed E-state index contributed by atoms with van der Waals surface area (Å²) in [5, 5.41) is 4.93. The highest BCUT2D eigenvalue weighted by atomic mass is 32.2. The molecule has 1 aromatic carbocycles. The molecule has 3 aromatic rings. The molecule has 2 heterocycles. The van der Waals surface area contributed by atoms with Crippen molar-refractivity contribution in [2.45, 2.75) is 33.1 Å². The standard InChI is InChI=1S/C20H26N6O2S/c1-5-7-14-16-17(26(3)25-14)19(27)24-18(23-16)13-11-12(22-20(21)29-4)8-9-15(13)28-10-6-2/h8-9,11H,5-7,10H2,1-4H3,(H2,21,22)(H,23,24,27). The summed E-state index contributed by atoms with van der Waals surface area (Å²) in [6.07, 6.45) is 4.40. The first kappa shape index (κ1) is 20.9. The minimum absolute atomic E-state index is 0.235. The minimum atomic E-state index is -0.235. The fourth-order valence-electron chi connectivity index (χ4n) is 3.06. The second kappa shape index (κ2) is 9.13. The number of rotatable bonds is 7. The number of aromatic amines is 1. The lowest BCUT2D eigenvalue weighted by molar-refractivity contribution is 0.318. The predicted octanol–water partition coefficient (Wildman–Crippen LogP) is 3.37. The molecule has 0 radical (unpaired) electrons. The molecule has 3 rings (SSSR count). The van der Waals surface area contributed by atoms with Crippen molar-refractivity contribution in [1.29, 1.82) is 0 Å². The van der Waals surface area contributed by atoms with Crippen LogP contribution >= 0.6 is 11.8 Å². The van der Waals surface area contributed by atoms with Crippen molar-refractivity contribution >= 4 is 33.7 Å². The van der Waals surface area contributed by atoms with Gasteiger partial charge in [-0.3, -0.25) is 9.48 Å². The van der Waals surface area contributed by atoms with E-state index >= 15 is 0 Å². The second-order valence-electron chi connectivity index (χ2n) is 6.62. The number of amidine groups is 1. The van der Waals surface area contributed by atoms with Gasteiger partial charge in [0.05, 0.1) is 23.6 Å². The maximum absolute atomic E-state index is 12.8. The monoisotopic (exact) mass is 414 g/mol. The zero-order valence-corrected chi connectivity index (χ0v) is 18.0. The molecule has 0 fully saturated rings. The van der Waals surface area contributed by atoms with Gasteiger partial charge in [-0.15, -0.1) is 0 Å². The fourth-order valence-corrected chi connectivity index (χ4v) is 3.26. The number of benzene rings is 1. The molecule has 0 spiro atoms. The van der Waals surface area contributed by atoms with E-state index in [1.54, 1.807) is 11.7 Å². The van der Waals surface area contributed by atoms with Crippen molar-refractivity contribution in [2.24, 2.45) is 17.8 Å². The Morgan fingerprint density at radius 2 is 2.14 bits per heavy atom. The molecule has 29 heavy (non-hydrogen) atoms. The molecule has 0 bridgehead atoms. The largest absolute Gasteiger partial charge is 0.493 e. The average Bonchev–Trinajstić information content (AvgIpc) is 3.03.